The van der Waals surface area contributed by atoms with E-state index in [0.29, 0.717) is 10.3 Å². The van der Waals surface area contributed by atoms with Gasteiger partial charge >= 0.3 is 0 Å². The minimum atomic E-state index is 0.393. The maximum Gasteiger partial charge on any atom is 0.141 e. The number of halogens is 1. The van der Waals surface area contributed by atoms with Crippen LogP contribution in [-0.4, -0.2) is 4.98 Å². The second-order valence-electron chi connectivity index (χ2n) is 1.62. The van der Waals surface area contributed by atoms with Crippen molar-refractivity contribution in [1.82, 2.24) is 4.98 Å². The van der Waals surface area contributed by atoms with E-state index in [0.717, 1.165) is 4.90 Å². The normalized spacial score (nSPS) is 8.90. The number of pyridine rings is 1. The second kappa shape index (κ2) is 3.04. The first-order valence-corrected chi connectivity index (χ1v) is 3.73. The highest BCUT2D eigenvalue weighted by Gasteiger charge is 1.96. The third kappa shape index (κ3) is 1.49. The maximum atomic E-state index is 8.39. The largest absolute Gasteiger partial charge is 0.229 e. The van der Waals surface area contributed by atoms with Crippen molar-refractivity contribution in [2.45, 2.75) is 4.90 Å². The molecule has 0 aromatic carbocycles. The highest BCUT2D eigenvalue weighted by atomic mass is 79.9. The van der Waals surface area contributed by atoms with Crippen LogP contribution >= 0.6 is 28.6 Å². The van der Waals surface area contributed by atoms with Gasteiger partial charge in [-0.25, -0.2) is 4.98 Å². The Morgan fingerprint density at radius 1 is 1.60 bits per heavy atom. The van der Waals surface area contributed by atoms with Gasteiger partial charge in [-0.15, -0.1) is 12.6 Å². The molecule has 0 spiro atoms. The molecule has 0 saturated carbocycles. The van der Waals surface area contributed by atoms with Crippen molar-refractivity contribution in [2.75, 3.05) is 0 Å². The quantitative estimate of drug-likeness (QED) is 0.530. The summed E-state index contributed by atoms with van der Waals surface area (Å²) in [5.74, 6) is 0. The molecule has 0 unspecified atom stereocenters. The van der Waals surface area contributed by atoms with Gasteiger partial charge in [-0.05, 0) is 28.1 Å². The van der Waals surface area contributed by atoms with Crippen molar-refractivity contribution in [2.24, 2.45) is 0 Å². The third-order valence-electron chi connectivity index (χ3n) is 0.944. The van der Waals surface area contributed by atoms with Crippen LogP contribution in [0.3, 0.4) is 0 Å². The molecule has 1 aromatic heterocycles. The molecule has 2 nitrogen and oxygen atoms in total. The molecule has 10 heavy (non-hydrogen) atoms. The van der Waals surface area contributed by atoms with Crippen LogP contribution in [-0.2, 0) is 0 Å². The van der Waals surface area contributed by atoms with Gasteiger partial charge in [0.2, 0.25) is 0 Å². The molecule has 4 heteroatoms. The zero-order valence-electron chi connectivity index (χ0n) is 4.87. The summed E-state index contributed by atoms with van der Waals surface area (Å²) in [5, 5.41) is 8.39. The summed E-state index contributed by atoms with van der Waals surface area (Å²) in [6.07, 6.45) is 0. The lowest BCUT2D eigenvalue weighted by Crippen LogP contribution is -1.82. The molecule has 0 fully saturated rings. The van der Waals surface area contributed by atoms with E-state index >= 15 is 0 Å². The van der Waals surface area contributed by atoms with Gasteiger partial charge in [-0.3, -0.25) is 0 Å². The van der Waals surface area contributed by atoms with E-state index in [9.17, 15) is 0 Å². The number of nitrogens with zero attached hydrogens (tertiary/aromatic N) is 2. The van der Waals surface area contributed by atoms with Gasteiger partial charge in [0.05, 0.1) is 0 Å². The predicted molar refractivity (Wildman–Crippen MR) is 43.9 cm³/mol. The van der Waals surface area contributed by atoms with Crippen LogP contribution in [0.2, 0.25) is 0 Å². The predicted octanol–water partition coefficient (Wildman–Crippen LogP) is 2.00. The number of thiol groups is 1. The Balaban J connectivity index is 3.20. The summed E-state index contributed by atoms with van der Waals surface area (Å²) in [6.45, 7) is 0. The van der Waals surface area contributed by atoms with Crippen LogP contribution < -0.4 is 0 Å². The van der Waals surface area contributed by atoms with E-state index in [4.69, 9.17) is 5.26 Å². The van der Waals surface area contributed by atoms with Crippen molar-refractivity contribution in [3.63, 3.8) is 0 Å². The Labute approximate surface area is 72.4 Å². The van der Waals surface area contributed by atoms with E-state index in [1.54, 1.807) is 12.1 Å². The molecular formula is C6H3BrN2S. The summed E-state index contributed by atoms with van der Waals surface area (Å²) in [6, 6.07) is 5.26. The van der Waals surface area contributed by atoms with E-state index in [1.807, 2.05) is 6.07 Å². The van der Waals surface area contributed by atoms with E-state index < -0.39 is 0 Å². The molecule has 0 aliphatic rings. The third-order valence-corrected chi connectivity index (χ3v) is 2.22. The van der Waals surface area contributed by atoms with Crippen LogP contribution in [0, 0.1) is 11.3 Å². The number of aromatic nitrogens is 1. The summed E-state index contributed by atoms with van der Waals surface area (Å²) < 4.78 is 0.606. The average Bonchev–Trinajstić information content (AvgIpc) is 1.95. The summed E-state index contributed by atoms with van der Waals surface area (Å²) in [7, 11) is 0. The lowest BCUT2D eigenvalue weighted by Gasteiger charge is -1.93. The molecule has 1 rings (SSSR count). The molecule has 0 N–H and O–H groups in total. The van der Waals surface area contributed by atoms with Gasteiger partial charge in [0, 0.05) is 4.90 Å². The first-order chi connectivity index (χ1) is 4.74. The standard InChI is InChI=1S/C6H3BrN2S/c7-6-5(10)2-1-4(3-8)9-6/h1-2,10H. The Morgan fingerprint density at radius 3 is 2.80 bits per heavy atom. The molecule has 0 bridgehead atoms. The van der Waals surface area contributed by atoms with Crippen molar-refractivity contribution >= 4 is 28.6 Å². The molecule has 0 amide bonds. The smallest absolute Gasteiger partial charge is 0.141 e. The number of nitriles is 1. The van der Waals surface area contributed by atoms with E-state index in [1.165, 1.54) is 0 Å². The van der Waals surface area contributed by atoms with Gasteiger partial charge in [0.25, 0.3) is 0 Å². The van der Waals surface area contributed by atoms with Crippen LogP contribution in [0.4, 0.5) is 0 Å². The minimum Gasteiger partial charge on any atom is -0.229 e. The van der Waals surface area contributed by atoms with Crippen LogP contribution in [0.5, 0.6) is 0 Å². The van der Waals surface area contributed by atoms with E-state index in [2.05, 4.69) is 33.5 Å². The topological polar surface area (TPSA) is 36.7 Å². The number of hydrogen-bond acceptors (Lipinski definition) is 3. The maximum absolute atomic E-state index is 8.39. The Hall–Kier alpha value is -0.530. The van der Waals surface area contributed by atoms with Gasteiger partial charge in [-0.1, -0.05) is 0 Å². The molecule has 0 aliphatic carbocycles. The van der Waals surface area contributed by atoms with Crippen LogP contribution in [0.25, 0.3) is 0 Å². The highest BCUT2D eigenvalue weighted by molar-refractivity contribution is 9.10. The molecule has 0 atom stereocenters. The zero-order chi connectivity index (χ0) is 7.56. The fourth-order valence-electron chi connectivity index (χ4n) is 0.489. The average molecular weight is 215 g/mol. The Kier molecular flexibility index (Phi) is 2.30. The Bertz CT molecular complexity index is 292. The fourth-order valence-corrected chi connectivity index (χ4v) is 0.937. The van der Waals surface area contributed by atoms with Crippen molar-refractivity contribution < 1.29 is 0 Å². The monoisotopic (exact) mass is 214 g/mol. The molecule has 0 saturated heterocycles. The molecule has 1 heterocycles. The van der Waals surface area contributed by atoms with E-state index in [-0.39, 0.29) is 0 Å². The van der Waals surface area contributed by atoms with Gasteiger partial charge in [0.1, 0.15) is 16.4 Å². The molecule has 0 aliphatic heterocycles. The molecule has 0 radical (unpaired) electrons. The van der Waals surface area contributed by atoms with Crippen molar-refractivity contribution in [3.05, 3.63) is 22.4 Å². The van der Waals surface area contributed by atoms with Crippen molar-refractivity contribution in [1.29, 1.82) is 5.26 Å². The molecule has 50 valence electrons. The summed E-state index contributed by atoms with van der Waals surface area (Å²) in [5.41, 5.74) is 0.393. The minimum absolute atomic E-state index is 0.393. The first-order valence-electron chi connectivity index (χ1n) is 2.49. The number of hydrogen-bond donors (Lipinski definition) is 1. The van der Waals surface area contributed by atoms with Crippen LogP contribution in [0.15, 0.2) is 21.6 Å². The summed E-state index contributed by atoms with van der Waals surface area (Å²) >= 11 is 7.21. The molecule has 1 aromatic rings. The number of rotatable bonds is 0. The second-order valence-corrected chi connectivity index (χ2v) is 2.85. The first kappa shape index (κ1) is 7.58. The Morgan fingerprint density at radius 2 is 2.30 bits per heavy atom. The van der Waals surface area contributed by atoms with Crippen molar-refractivity contribution in [3.8, 4) is 6.07 Å². The van der Waals surface area contributed by atoms with Crippen LogP contribution in [0.1, 0.15) is 5.69 Å². The highest BCUT2D eigenvalue weighted by Crippen LogP contribution is 2.17. The summed E-state index contributed by atoms with van der Waals surface area (Å²) in [4.78, 5) is 4.61. The molecular weight excluding hydrogens is 212 g/mol. The van der Waals surface area contributed by atoms with Gasteiger partial charge in [-0.2, -0.15) is 5.26 Å². The zero-order valence-corrected chi connectivity index (χ0v) is 7.35. The van der Waals surface area contributed by atoms with Gasteiger partial charge in [0.15, 0.2) is 0 Å². The van der Waals surface area contributed by atoms with Gasteiger partial charge < -0.3 is 0 Å². The SMILES string of the molecule is N#Cc1ccc(S)c(Br)n1. The lowest BCUT2D eigenvalue weighted by molar-refractivity contribution is 1.15. The lowest BCUT2D eigenvalue weighted by atomic mass is 10.4. The fraction of sp³-hybridized carbons (Fsp3) is 0.